The first-order chi connectivity index (χ1) is 6.40. The van der Waals surface area contributed by atoms with E-state index in [0.717, 1.165) is 16.8 Å². The molecule has 3 heteroatoms. The van der Waals surface area contributed by atoms with Crippen LogP contribution in [0.5, 0.6) is 0 Å². The van der Waals surface area contributed by atoms with E-state index in [4.69, 9.17) is 4.52 Å². The van der Waals surface area contributed by atoms with Gasteiger partial charge >= 0.3 is 0 Å². The van der Waals surface area contributed by atoms with Crippen LogP contribution in [0.4, 0.5) is 0 Å². The molecular formula is C10H14BrNO. The highest BCUT2D eigenvalue weighted by Gasteiger charge is 2.19. The highest BCUT2D eigenvalue weighted by molar-refractivity contribution is 9.08. The molecule has 0 aromatic carbocycles. The van der Waals surface area contributed by atoms with Crippen molar-refractivity contribution < 1.29 is 4.52 Å². The zero-order chi connectivity index (χ0) is 9.10. The van der Waals surface area contributed by atoms with Crippen LogP contribution in [-0.2, 0) is 5.33 Å². The first-order valence-electron chi connectivity index (χ1n) is 4.91. The lowest BCUT2D eigenvalue weighted by atomic mass is 9.87. The summed E-state index contributed by atoms with van der Waals surface area (Å²) in [5.74, 6) is 1.73. The molecule has 13 heavy (non-hydrogen) atoms. The van der Waals surface area contributed by atoms with Crippen LogP contribution in [0.2, 0.25) is 0 Å². The summed E-state index contributed by atoms with van der Waals surface area (Å²) in [5, 5.41) is 4.78. The van der Waals surface area contributed by atoms with E-state index in [1.54, 1.807) is 0 Å². The second-order valence-corrected chi connectivity index (χ2v) is 4.25. The molecule has 0 spiro atoms. The van der Waals surface area contributed by atoms with Gasteiger partial charge in [0.25, 0.3) is 0 Å². The van der Waals surface area contributed by atoms with E-state index in [0.29, 0.717) is 5.92 Å². The zero-order valence-electron chi connectivity index (χ0n) is 7.63. The normalized spacial score (nSPS) is 19.2. The first-order valence-corrected chi connectivity index (χ1v) is 6.04. The Kier molecular flexibility index (Phi) is 3.04. The van der Waals surface area contributed by atoms with Gasteiger partial charge in [0, 0.05) is 17.3 Å². The summed E-state index contributed by atoms with van der Waals surface area (Å²) >= 11 is 3.37. The molecule has 1 saturated carbocycles. The van der Waals surface area contributed by atoms with Gasteiger partial charge < -0.3 is 4.52 Å². The summed E-state index contributed by atoms with van der Waals surface area (Å²) < 4.78 is 5.32. The van der Waals surface area contributed by atoms with Crippen LogP contribution in [0, 0.1) is 0 Å². The van der Waals surface area contributed by atoms with Crippen molar-refractivity contribution in [3.8, 4) is 0 Å². The topological polar surface area (TPSA) is 26.0 Å². The molecule has 0 amide bonds. The Labute approximate surface area is 86.8 Å². The average molecular weight is 244 g/mol. The Morgan fingerprint density at radius 1 is 1.38 bits per heavy atom. The van der Waals surface area contributed by atoms with Crippen LogP contribution >= 0.6 is 15.9 Å². The lowest BCUT2D eigenvalue weighted by Gasteiger charge is -2.18. The molecule has 1 aliphatic carbocycles. The van der Waals surface area contributed by atoms with Gasteiger partial charge in [-0.2, -0.15) is 0 Å². The third kappa shape index (κ3) is 2.13. The third-order valence-electron chi connectivity index (χ3n) is 2.72. The minimum atomic E-state index is 0.633. The SMILES string of the molecule is BrCc1cc(C2CCCCC2)on1. The van der Waals surface area contributed by atoms with Crippen molar-refractivity contribution >= 4 is 15.9 Å². The van der Waals surface area contributed by atoms with Crippen molar-refractivity contribution in [2.24, 2.45) is 0 Å². The van der Waals surface area contributed by atoms with Crippen molar-refractivity contribution in [1.82, 2.24) is 5.16 Å². The maximum Gasteiger partial charge on any atom is 0.140 e. The molecule has 0 saturated heterocycles. The highest BCUT2D eigenvalue weighted by Crippen LogP contribution is 2.32. The van der Waals surface area contributed by atoms with Crippen LogP contribution in [0.15, 0.2) is 10.6 Å². The number of aromatic nitrogens is 1. The standard InChI is InChI=1S/C10H14BrNO/c11-7-9-6-10(13-12-9)8-4-2-1-3-5-8/h6,8H,1-5,7H2. The second-order valence-electron chi connectivity index (χ2n) is 3.69. The molecule has 0 radical (unpaired) electrons. The van der Waals surface area contributed by atoms with Crippen molar-refractivity contribution in [3.63, 3.8) is 0 Å². The van der Waals surface area contributed by atoms with E-state index >= 15 is 0 Å². The number of nitrogens with zero attached hydrogens (tertiary/aromatic N) is 1. The predicted octanol–water partition coefficient (Wildman–Crippen LogP) is 3.62. The molecular weight excluding hydrogens is 230 g/mol. The summed E-state index contributed by atoms with van der Waals surface area (Å²) in [6, 6.07) is 2.09. The van der Waals surface area contributed by atoms with Crippen molar-refractivity contribution in [2.45, 2.75) is 43.4 Å². The second kappa shape index (κ2) is 4.27. The molecule has 72 valence electrons. The Morgan fingerprint density at radius 3 is 2.77 bits per heavy atom. The van der Waals surface area contributed by atoms with Crippen molar-refractivity contribution in [3.05, 3.63) is 17.5 Å². The van der Waals surface area contributed by atoms with Gasteiger partial charge in [0.05, 0.1) is 5.69 Å². The van der Waals surface area contributed by atoms with Crippen LogP contribution in [-0.4, -0.2) is 5.16 Å². The largest absolute Gasteiger partial charge is 0.361 e. The van der Waals surface area contributed by atoms with Crippen LogP contribution in [0.25, 0.3) is 0 Å². The molecule has 0 atom stereocenters. The fourth-order valence-corrected chi connectivity index (χ4v) is 2.23. The lowest BCUT2D eigenvalue weighted by Crippen LogP contribution is -2.02. The Balaban J connectivity index is 2.05. The van der Waals surface area contributed by atoms with Gasteiger partial charge in [-0.15, -0.1) is 0 Å². The fourth-order valence-electron chi connectivity index (χ4n) is 1.97. The minimum Gasteiger partial charge on any atom is -0.361 e. The van der Waals surface area contributed by atoms with Crippen LogP contribution < -0.4 is 0 Å². The van der Waals surface area contributed by atoms with Crippen LogP contribution in [0.1, 0.15) is 49.5 Å². The molecule has 1 heterocycles. The molecule has 0 N–H and O–H groups in total. The fraction of sp³-hybridized carbons (Fsp3) is 0.700. The molecule has 2 nitrogen and oxygen atoms in total. The molecule has 1 aromatic heterocycles. The zero-order valence-corrected chi connectivity index (χ0v) is 9.22. The van der Waals surface area contributed by atoms with Gasteiger partial charge in [-0.25, -0.2) is 0 Å². The summed E-state index contributed by atoms with van der Waals surface area (Å²) in [6.07, 6.45) is 6.62. The van der Waals surface area contributed by atoms with Gasteiger partial charge in [0.2, 0.25) is 0 Å². The van der Waals surface area contributed by atoms with Crippen molar-refractivity contribution in [1.29, 1.82) is 0 Å². The Bertz CT molecular complexity index is 266. The van der Waals surface area contributed by atoms with E-state index in [-0.39, 0.29) is 0 Å². The summed E-state index contributed by atoms with van der Waals surface area (Å²) in [7, 11) is 0. The number of hydrogen-bond donors (Lipinski definition) is 0. The van der Waals surface area contributed by atoms with E-state index < -0.39 is 0 Å². The number of alkyl halides is 1. The quantitative estimate of drug-likeness (QED) is 0.742. The highest BCUT2D eigenvalue weighted by atomic mass is 79.9. The molecule has 1 aromatic rings. The van der Waals surface area contributed by atoms with E-state index in [9.17, 15) is 0 Å². The summed E-state index contributed by atoms with van der Waals surface area (Å²) in [4.78, 5) is 0. The molecule has 2 rings (SSSR count). The van der Waals surface area contributed by atoms with Gasteiger partial charge in [0.15, 0.2) is 0 Å². The van der Waals surface area contributed by atoms with Gasteiger partial charge in [-0.05, 0) is 12.8 Å². The third-order valence-corrected chi connectivity index (χ3v) is 3.30. The molecule has 1 fully saturated rings. The average Bonchev–Trinajstić information content (AvgIpc) is 2.67. The molecule has 1 aliphatic rings. The van der Waals surface area contributed by atoms with E-state index in [1.165, 1.54) is 32.1 Å². The minimum absolute atomic E-state index is 0.633. The maximum absolute atomic E-state index is 5.32. The Hall–Kier alpha value is -0.310. The maximum atomic E-state index is 5.32. The Morgan fingerprint density at radius 2 is 2.15 bits per heavy atom. The van der Waals surface area contributed by atoms with Gasteiger partial charge in [-0.3, -0.25) is 0 Å². The smallest absolute Gasteiger partial charge is 0.140 e. The number of hydrogen-bond acceptors (Lipinski definition) is 2. The lowest BCUT2D eigenvalue weighted by molar-refractivity contribution is 0.319. The molecule has 0 aliphatic heterocycles. The number of rotatable bonds is 2. The van der Waals surface area contributed by atoms with Crippen LogP contribution in [0.3, 0.4) is 0 Å². The van der Waals surface area contributed by atoms with Gasteiger partial charge in [-0.1, -0.05) is 40.3 Å². The summed E-state index contributed by atoms with van der Waals surface area (Å²) in [5.41, 5.74) is 1.01. The van der Waals surface area contributed by atoms with Gasteiger partial charge in [0.1, 0.15) is 5.76 Å². The molecule has 0 bridgehead atoms. The summed E-state index contributed by atoms with van der Waals surface area (Å²) in [6.45, 7) is 0. The number of halogens is 1. The monoisotopic (exact) mass is 243 g/mol. The predicted molar refractivity (Wildman–Crippen MR) is 55.0 cm³/mol. The van der Waals surface area contributed by atoms with E-state index in [2.05, 4.69) is 27.2 Å². The van der Waals surface area contributed by atoms with E-state index in [1.807, 2.05) is 0 Å². The molecule has 0 unspecified atom stereocenters. The van der Waals surface area contributed by atoms with Crippen molar-refractivity contribution in [2.75, 3.05) is 0 Å². The first kappa shape index (κ1) is 9.25.